The Balaban J connectivity index is 1.85. The van der Waals surface area contributed by atoms with Crippen LogP contribution in [0.15, 0.2) is 6.07 Å². The molecule has 2 unspecified atom stereocenters. The fraction of sp³-hybridized carbons (Fsp3) is 0.625. The fourth-order valence-electron chi connectivity index (χ4n) is 3.33. The lowest BCUT2D eigenvalue weighted by molar-refractivity contribution is -0.0730. The number of hydrogen-bond donors (Lipinski definition) is 2. The molecule has 1 aromatic heterocycles. The van der Waals surface area contributed by atoms with Gasteiger partial charge in [0.25, 0.3) is 0 Å². The van der Waals surface area contributed by atoms with Gasteiger partial charge in [-0.1, -0.05) is 0 Å². The lowest BCUT2D eigenvalue weighted by Crippen LogP contribution is -2.36. The van der Waals surface area contributed by atoms with Gasteiger partial charge >= 0.3 is 0 Å². The molecule has 5 heteroatoms. The molecule has 0 saturated carbocycles. The van der Waals surface area contributed by atoms with E-state index in [0.29, 0.717) is 11.4 Å². The van der Waals surface area contributed by atoms with E-state index in [2.05, 4.69) is 18.8 Å². The van der Waals surface area contributed by atoms with Crippen LogP contribution in [0.4, 0.5) is 0 Å². The average molecular weight is 289 g/mol. The third-order valence-electron chi connectivity index (χ3n) is 4.24. The molecule has 1 saturated heterocycles. The molecular formula is C16H23N3O2. The van der Waals surface area contributed by atoms with E-state index in [-0.39, 0.29) is 24.1 Å². The van der Waals surface area contributed by atoms with E-state index in [1.165, 1.54) is 5.56 Å². The summed E-state index contributed by atoms with van der Waals surface area (Å²) in [7, 11) is 0. The van der Waals surface area contributed by atoms with E-state index < -0.39 is 0 Å². The smallest absolute Gasteiger partial charge is 0.225 e. The number of aromatic nitrogens is 1. The summed E-state index contributed by atoms with van der Waals surface area (Å²) >= 11 is 0. The number of hydrogen-bond acceptors (Lipinski definition) is 4. The molecule has 3 rings (SSSR count). The van der Waals surface area contributed by atoms with Crippen molar-refractivity contribution < 1.29 is 9.47 Å². The molecule has 0 amide bonds. The summed E-state index contributed by atoms with van der Waals surface area (Å²) in [5.74, 6) is 0.551. The molecule has 1 aromatic rings. The van der Waals surface area contributed by atoms with Crippen LogP contribution in [0, 0.1) is 5.41 Å². The minimum Gasteiger partial charge on any atom is -0.474 e. The average Bonchev–Trinajstić information content (AvgIpc) is 2.83. The Hall–Kier alpha value is -1.62. The molecule has 2 atom stereocenters. The second-order valence-electron chi connectivity index (χ2n) is 6.18. The highest BCUT2D eigenvalue weighted by atomic mass is 16.5. The first-order chi connectivity index (χ1) is 10.0. The van der Waals surface area contributed by atoms with Gasteiger partial charge in [0.15, 0.2) is 0 Å². The second kappa shape index (κ2) is 5.64. The number of pyridine rings is 1. The van der Waals surface area contributed by atoms with Gasteiger partial charge in [-0.05, 0) is 44.7 Å². The molecule has 1 fully saturated rings. The first-order valence-electron chi connectivity index (χ1n) is 7.72. The molecule has 5 nitrogen and oxygen atoms in total. The van der Waals surface area contributed by atoms with Crippen molar-refractivity contribution in [2.45, 2.75) is 64.3 Å². The van der Waals surface area contributed by atoms with E-state index in [1.807, 2.05) is 6.07 Å². The van der Waals surface area contributed by atoms with Crippen molar-refractivity contribution in [2.24, 2.45) is 5.73 Å². The minimum atomic E-state index is 0.0281. The summed E-state index contributed by atoms with van der Waals surface area (Å²) in [6, 6.07) is 1.99. The topological polar surface area (TPSA) is 81.2 Å². The van der Waals surface area contributed by atoms with Gasteiger partial charge < -0.3 is 15.2 Å². The van der Waals surface area contributed by atoms with Gasteiger partial charge in [-0.2, -0.15) is 0 Å². The highest BCUT2D eigenvalue weighted by Crippen LogP contribution is 2.29. The first-order valence-corrected chi connectivity index (χ1v) is 7.72. The van der Waals surface area contributed by atoms with Gasteiger partial charge in [0.1, 0.15) is 11.9 Å². The van der Waals surface area contributed by atoms with E-state index in [9.17, 15) is 0 Å². The van der Waals surface area contributed by atoms with Gasteiger partial charge in [-0.15, -0.1) is 0 Å². The summed E-state index contributed by atoms with van der Waals surface area (Å²) in [6.07, 6.45) is 5.28. The van der Waals surface area contributed by atoms with Crippen molar-refractivity contribution in [3.8, 4) is 5.88 Å². The number of amidine groups is 1. The number of nitrogens with zero attached hydrogens (tertiary/aromatic N) is 1. The molecule has 0 aromatic carbocycles. The molecule has 1 aliphatic heterocycles. The summed E-state index contributed by atoms with van der Waals surface area (Å²) in [5, 5.41) is 7.77. The van der Waals surface area contributed by atoms with Crippen molar-refractivity contribution in [2.75, 3.05) is 0 Å². The molecular weight excluding hydrogens is 266 g/mol. The zero-order chi connectivity index (χ0) is 15.0. The van der Waals surface area contributed by atoms with E-state index >= 15 is 0 Å². The van der Waals surface area contributed by atoms with Crippen LogP contribution < -0.4 is 10.5 Å². The third-order valence-corrected chi connectivity index (χ3v) is 4.24. The summed E-state index contributed by atoms with van der Waals surface area (Å²) < 4.78 is 11.8. The van der Waals surface area contributed by atoms with Crippen LogP contribution in [-0.4, -0.2) is 29.1 Å². The molecule has 2 aliphatic rings. The second-order valence-corrected chi connectivity index (χ2v) is 6.18. The van der Waals surface area contributed by atoms with Crippen LogP contribution in [-0.2, 0) is 17.6 Å². The number of nitrogens with one attached hydrogen (secondary N) is 1. The molecule has 0 radical (unpaired) electrons. The SMILES string of the molecule is CC1CC(Oc2nc3c(cc2C(=N)N)CCC3)CC(C)O1. The monoisotopic (exact) mass is 289 g/mol. The highest BCUT2D eigenvalue weighted by Gasteiger charge is 2.28. The third kappa shape index (κ3) is 3.02. The number of aryl methyl sites for hydroxylation is 2. The van der Waals surface area contributed by atoms with Crippen LogP contribution in [0.2, 0.25) is 0 Å². The van der Waals surface area contributed by atoms with Crippen LogP contribution in [0.5, 0.6) is 5.88 Å². The molecule has 0 bridgehead atoms. The van der Waals surface area contributed by atoms with Crippen molar-refractivity contribution in [3.05, 3.63) is 22.9 Å². The Kier molecular flexibility index (Phi) is 3.85. The Morgan fingerprint density at radius 3 is 2.71 bits per heavy atom. The Labute approximate surface area is 125 Å². The number of nitrogens with two attached hydrogens (primary N) is 1. The van der Waals surface area contributed by atoms with Crippen LogP contribution in [0.1, 0.15) is 49.9 Å². The number of fused-ring (bicyclic) bond motifs is 1. The lowest BCUT2D eigenvalue weighted by Gasteiger charge is -2.32. The normalized spacial score (nSPS) is 28.2. The zero-order valence-electron chi connectivity index (χ0n) is 12.7. The van der Waals surface area contributed by atoms with Gasteiger partial charge in [-0.25, -0.2) is 4.98 Å². The predicted octanol–water partition coefficient (Wildman–Crippen LogP) is 2.19. The predicted molar refractivity (Wildman–Crippen MR) is 80.9 cm³/mol. The Morgan fingerprint density at radius 1 is 1.33 bits per heavy atom. The molecule has 1 aliphatic carbocycles. The van der Waals surface area contributed by atoms with Crippen LogP contribution in [0.3, 0.4) is 0 Å². The van der Waals surface area contributed by atoms with Gasteiger partial charge in [0.2, 0.25) is 5.88 Å². The van der Waals surface area contributed by atoms with E-state index in [1.54, 1.807) is 0 Å². The van der Waals surface area contributed by atoms with Crippen LogP contribution in [0.25, 0.3) is 0 Å². The maximum atomic E-state index is 7.77. The number of nitrogen functional groups attached to an aromatic ring is 1. The maximum absolute atomic E-state index is 7.77. The largest absolute Gasteiger partial charge is 0.474 e. The van der Waals surface area contributed by atoms with E-state index in [0.717, 1.165) is 37.8 Å². The molecule has 3 N–H and O–H groups in total. The molecule has 0 spiro atoms. The fourth-order valence-corrected chi connectivity index (χ4v) is 3.33. The van der Waals surface area contributed by atoms with Crippen molar-refractivity contribution in [1.82, 2.24) is 4.98 Å². The summed E-state index contributed by atoms with van der Waals surface area (Å²) in [4.78, 5) is 4.63. The van der Waals surface area contributed by atoms with Gasteiger partial charge in [-0.3, -0.25) is 5.41 Å². The zero-order valence-corrected chi connectivity index (χ0v) is 12.7. The number of ether oxygens (including phenoxy) is 2. The summed E-state index contributed by atoms with van der Waals surface area (Å²) in [5.41, 5.74) is 8.64. The highest BCUT2D eigenvalue weighted by molar-refractivity contribution is 5.97. The van der Waals surface area contributed by atoms with Crippen molar-refractivity contribution >= 4 is 5.84 Å². The van der Waals surface area contributed by atoms with Crippen molar-refractivity contribution in [3.63, 3.8) is 0 Å². The first kappa shape index (κ1) is 14.3. The van der Waals surface area contributed by atoms with Crippen molar-refractivity contribution in [1.29, 1.82) is 5.41 Å². The van der Waals surface area contributed by atoms with Gasteiger partial charge in [0, 0.05) is 18.5 Å². The van der Waals surface area contributed by atoms with Gasteiger partial charge in [0.05, 0.1) is 17.8 Å². The van der Waals surface area contributed by atoms with Crippen LogP contribution >= 0.6 is 0 Å². The lowest BCUT2D eigenvalue weighted by atomic mass is 10.0. The number of rotatable bonds is 3. The standard InChI is InChI=1S/C16H23N3O2/c1-9-6-12(7-10(2)20-9)21-16-13(15(17)18)8-11-4-3-5-14(11)19-16/h8-10,12H,3-7H2,1-2H3,(H3,17,18). The van der Waals surface area contributed by atoms with E-state index in [4.69, 9.17) is 20.6 Å². The molecule has 2 heterocycles. The Bertz CT molecular complexity index is 549. The quantitative estimate of drug-likeness (QED) is 0.660. The minimum absolute atomic E-state index is 0.0281. The maximum Gasteiger partial charge on any atom is 0.225 e. The summed E-state index contributed by atoms with van der Waals surface area (Å²) in [6.45, 7) is 4.13. The molecule has 21 heavy (non-hydrogen) atoms. The Morgan fingerprint density at radius 2 is 2.05 bits per heavy atom. The molecule has 114 valence electrons.